The van der Waals surface area contributed by atoms with Crippen LogP contribution in [0.5, 0.6) is 11.5 Å². The van der Waals surface area contributed by atoms with Crippen molar-refractivity contribution in [3.05, 3.63) is 56.1 Å². The molecule has 2 aromatic carbocycles. The van der Waals surface area contributed by atoms with Crippen molar-refractivity contribution < 1.29 is 14.3 Å². The van der Waals surface area contributed by atoms with Gasteiger partial charge < -0.3 is 14.8 Å². The average Bonchev–Trinajstić information content (AvgIpc) is 2.61. The highest BCUT2D eigenvalue weighted by atomic mass is 127. The number of ether oxygens (including phenoxy) is 2. The van der Waals surface area contributed by atoms with Gasteiger partial charge in [-0.2, -0.15) is 5.26 Å². The Balaban J connectivity index is 2.32. The molecule has 0 atom stereocenters. The first-order chi connectivity index (χ1) is 12.5. The van der Waals surface area contributed by atoms with Gasteiger partial charge in [-0.05, 0) is 71.5 Å². The van der Waals surface area contributed by atoms with Crippen LogP contribution in [-0.2, 0) is 4.79 Å². The third kappa shape index (κ3) is 5.13. The lowest BCUT2D eigenvalue weighted by Crippen LogP contribution is -2.13. The summed E-state index contributed by atoms with van der Waals surface area (Å²) < 4.78 is 11.7. The highest BCUT2D eigenvalue weighted by Gasteiger charge is 2.14. The molecule has 0 bridgehead atoms. The molecule has 2 aromatic rings. The Labute approximate surface area is 170 Å². The molecule has 0 aliphatic rings. The zero-order chi connectivity index (χ0) is 19.1. The summed E-state index contributed by atoms with van der Waals surface area (Å²) in [4.78, 5) is 12.4. The predicted octanol–water partition coefficient (Wildman–Crippen LogP) is 4.90. The second-order valence-electron chi connectivity index (χ2n) is 5.10. The minimum absolute atomic E-state index is 0.0499. The fourth-order valence-corrected chi connectivity index (χ4v) is 3.00. The summed E-state index contributed by atoms with van der Waals surface area (Å²) in [5.41, 5.74) is 1.13. The zero-order valence-electron chi connectivity index (χ0n) is 14.2. The fourth-order valence-electron chi connectivity index (χ4n) is 2.19. The Kier molecular flexibility index (Phi) is 7.30. The van der Waals surface area contributed by atoms with Gasteiger partial charge in [0.1, 0.15) is 11.6 Å². The number of halogens is 2. The van der Waals surface area contributed by atoms with E-state index in [2.05, 4.69) is 27.9 Å². The molecule has 2 rings (SSSR count). The first-order valence-electron chi connectivity index (χ1n) is 7.67. The summed E-state index contributed by atoms with van der Waals surface area (Å²) in [7, 11) is 1.50. The Hall–Kier alpha value is -2.24. The van der Waals surface area contributed by atoms with E-state index in [0.717, 1.165) is 3.57 Å². The number of nitrogens with zero attached hydrogens (tertiary/aromatic N) is 1. The summed E-state index contributed by atoms with van der Waals surface area (Å²) in [6.07, 6.45) is 1.45. The average molecular weight is 483 g/mol. The molecular weight excluding hydrogens is 467 g/mol. The zero-order valence-corrected chi connectivity index (χ0v) is 17.1. The maximum atomic E-state index is 12.4. The fraction of sp³-hybridized carbons (Fsp3) is 0.158. The van der Waals surface area contributed by atoms with E-state index in [1.165, 1.54) is 13.2 Å². The number of carbonyl (C=O) groups excluding carboxylic acids is 1. The van der Waals surface area contributed by atoms with Crippen molar-refractivity contribution in [2.45, 2.75) is 6.92 Å². The summed E-state index contributed by atoms with van der Waals surface area (Å²) in [5.74, 6) is 0.357. The van der Waals surface area contributed by atoms with E-state index in [1.54, 1.807) is 18.2 Å². The molecule has 5 nitrogen and oxygen atoms in total. The van der Waals surface area contributed by atoms with Crippen molar-refractivity contribution in [2.75, 3.05) is 19.0 Å². The second-order valence-corrected chi connectivity index (χ2v) is 6.75. The van der Waals surface area contributed by atoms with Crippen LogP contribution in [0.1, 0.15) is 12.5 Å². The quantitative estimate of drug-likeness (QED) is 0.361. The molecule has 0 aromatic heterocycles. The van der Waals surface area contributed by atoms with Gasteiger partial charge in [0.05, 0.1) is 18.7 Å². The summed E-state index contributed by atoms with van der Waals surface area (Å²) in [5, 5.41) is 12.4. The smallest absolute Gasteiger partial charge is 0.266 e. The number of benzene rings is 2. The maximum absolute atomic E-state index is 12.4. The van der Waals surface area contributed by atoms with Crippen LogP contribution in [0.4, 0.5) is 5.69 Å². The number of anilines is 1. The van der Waals surface area contributed by atoms with Crippen LogP contribution in [0.3, 0.4) is 0 Å². The van der Waals surface area contributed by atoms with E-state index in [9.17, 15) is 10.1 Å². The number of carbonyl (C=O) groups is 1. The van der Waals surface area contributed by atoms with E-state index in [4.69, 9.17) is 21.1 Å². The van der Waals surface area contributed by atoms with Gasteiger partial charge in [0, 0.05) is 9.26 Å². The van der Waals surface area contributed by atoms with Crippen LogP contribution in [0.2, 0.25) is 5.02 Å². The van der Waals surface area contributed by atoms with Gasteiger partial charge in [0.25, 0.3) is 5.91 Å². The van der Waals surface area contributed by atoms with E-state index in [0.29, 0.717) is 34.4 Å². The number of hydrogen-bond donors (Lipinski definition) is 1. The van der Waals surface area contributed by atoms with Crippen LogP contribution < -0.4 is 14.8 Å². The molecule has 0 saturated carbocycles. The van der Waals surface area contributed by atoms with E-state index < -0.39 is 5.91 Å². The highest BCUT2D eigenvalue weighted by molar-refractivity contribution is 14.1. The number of methoxy groups -OCH3 is 1. The predicted molar refractivity (Wildman–Crippen MR) is 111 cm³/mol. The van der Waals surface area contributed by atoms with Crippen molar-refractivity contribution in [3.8, 4) is 17.6 Å². The molecule has 7 heteroatoms. The molecule has 0 aliphatic carbocycles. The maximum Gasteiger partial charge on any atom is 0.266 e. The van der Waals surface area contributed by atoms with E-state index in [1.807, 2.05) is 31.2 Å². The van der Waals surface area contributed by atoms with Crippen LogP contribution in [0, 0.1) is 14.9 Å². The van der Waals surface area contributed by atoms with E-state index >= 15 is 0 Å². The molecule has 0 saturated heterocycles. The lowest BCUT2D eigenvalue weighted by Gasteiger charge is -2.12. The molecule has 0 aliphatic heterocycles. The van der Waals surface area contributed by atoms with Crippen molar-refractivity contribution in [3.63, 3.8) is 0 Å². The summed E-state index contributed by atoms with van der Waals surface area (Å²) >= 11 is 8.37. The summed E-state index contributed by atoms with van der Waals surface area (Å²) in [6.45, 7) is 2.28. The standard InChI is InChI=1S/C19H16ClIN2O3/c1-3-26-18-16(20)8-12(9-17(18)25-2)7-13(11-22)19(24)23-15-6-4-5-14(21)10-15/h4-10H,3H2,1-2H3,(H,23,24)/b13-7+. The number of nitriles is 1. The minimum atomic E-state index is -0.501. The third-order valence-electron chi connectivity index (χ3n) is 3.30. The van der Waals surface area contributed by atoms with Crippen molar-refractivity contribution >= 4 is 51.9 Å². The lowest BCUT2D eigenvalue weighted by molar-refractivity contribution is -0.112. The summed E-state index contributed by atoms with van der Waals surface area (Å²) in [6, 6.07) is 12.5. The van der Waals surface area contributed by atoms with Crippen LogP contribution in [-0.4, -0.2) is 19.6 Å². The van der Waals surface area contributed by atoms with E-state index in [-0.39, 0.29) is 5.57 Å². The Morgan fingerprint density at radius 3 is 2.77 bits per heavy atom. The Morgan fingerprint density at radius 1 is 1.38 bits per heavy atom. The first kappa shape index (κ1) is 20.1. The number of nitrogens with one attached hydrogen (secondary N) is 1. The van der Waals surface area contributed by atoms with Gasteiger partial charge in [-0.3, -0.25) is 4.79 Å². The third-order valence-corrected chi connectivity index (χ3v) is 4.25. The number of rotatable bonds is 6. The molecule has 134 valence electrons. The molecule has 0 fully saturated rings. The highest BCUT2D eigenvalue weighted by Crippen LogP contribution is 2.37. The van der Waals surface area contributed by atoms with Gasteiger partial charge in [0.15, 0.2) is 11.5 Å². The SMILES string of the molecule is CCOc1c(Cl)cc(/C=C(\C#N)C(=O)Nc2cccc(I)c2)cc1OC. The second kappa shape index (κ2) is 9.46. The van der Waals surface area contributed by atoms with Gasteiger partial charge in [-0.1, -0.05) is 17.7 Å². The molecule has 0 heterocycles. The Morgan fingerprint density at radius 2 is 2.15 bits per heavy atom. The van der Waals surface area contributed by atoms with Crippen LogP contribution >= 0.6 is 34.2 Å². The van der Waals surface area contributed by atoms with Crippen molar-refractivity contribution in [1.29, 1.82) is 5.26 Å². The van der Waals surface area contributed by atoms with Gasteiger partial charge in [-0.15, -0.1) is 0 Å². The molecule has 26 heavy (non-hydrogen) atoms. The topological polar surface area (TPSA) is 71.3 Å². The van der Waals surface area contributed by atoms with Crippen LogP contribution in [0.15, 0.2) is 42.0 Å². The normalized spacial score (nSPS) is 10.8. The van der Waals surface area contributed by atoms with Gasteiger partial charge in [0.2, 0.25) is 0 Å². The largest absolute Gasteiger partial charge is 0.493 e. The molecule has 1 amide bonds. The molecule has 0 radical (unpaired) electrons. The molecule has 1 N–H and O–H groups in total. The number of amides is 1. The minimum Gasteiger partial charge on any atom is -0.493 e. The monoisotopic (exact) mass is 482 g/mol. The molecule has 0 spiro atoms. The van der Waals surface area contributed by atoms with Crippen molar-refractivity contribution in [1.82, 2.24) is 0 Å². The van der Waals surface area contributed by atoms with Crippen LogP contribution in [0.25, 0.3) is 6.08 Å². The first-order valence-corrected chi connectivity index (χ1v) is 9.13. The van der Waals surface area contributed by atoms with Gasteiger partial charge in [-0.25, -0.2) is 0 Å². The lowest BCUT2D eigenvalue weighted by atomic mass is 10.1. The molecular formula is C19H16ClIN2O3. The molecule has 0 unspecified atom stereocenters. The van der Waals surface area contributed by atoms with Gasteiger partial charge >= 0.3 is 0 Å². The van der Waals surface area contributed by atoms with Crippen molar-refractivity contribution in [2.24, 2.45) is 0 Å². The Bertz CT molecular complexity index is 891. The number of hydrogen-bond acceptors (Lipinski definition) is 4.